The smallest absolute Gasteiger partial charge is 0.323 e. The molecule has 0 saturated carbocycles. The number of ether oxygens (including phenoxy) is 1. The maximum Gasteiger partial charge on any atom is 0.323 e. The van der Waals surface area contributed by atoms with E-state index in [1.54, 1.807) is 6.92 Å². The van der Waals surface area contributed by atoms with E-state index < -0.39 is 11.6 Å². The summed E-state index contributed by atoms with van der Waals surface area (Å²) in [5.74, 6) is -2.12. The first-order chi connectivity index (χ1) is 9.10. The summed E-state index contributed by atoms with van der Waals surface area (Å²) >= 11 is 0. The van der Waals surface area contributed by atoms with Crippen LogP contribution in [-0.2, 0) is 0 Å². The van der Waals surface area contributed by atoms with E-state index in [2.05, 4.69) is 20.3 Å². The molecule has 1 aromatic heterocycles. The Morgan fingerprint density at radius 3 is 2.79 bits per heavy atom. The average molecular weight is 267 g/mol. The molecule has 8 heteroatoms. The Kier molecular flexibility index (Phi) is 3.69. The number of hydrogen-bond donors (Lipinski definition) is 2. The molecule has 6 nitrogen and oxygen atoms in total. The van der Waals surface area contributed by atoms with Gasteiger partial charge in [0.1, 0.15) is 0 Å². The van der Waals surface area contributed by atoms with Crippen LogP contribution >= 0.6 is 0 Å². The molecule has 2 aromatic rings. The molecule has 2 rings (SSSR count). The Bertz CT molecular complexity index is 593. The lowest BCUT2D eigenvalue weighted by Gasteiger charge is -2.08. The highest BCUT2D eigenvalue weighted by Gasteiger charge is 2.10. The molecule has 1 aromatic carbocycles. The largest absolute Gasteiger partial charge is 0.464 e. The zero-order chi connectivity index (χ0) is 13.8. The lowest BCUT2D eigenvalue weighted by molar-refractivity contribution is 0.312. The minimum Gasteiger partial charge on any atom is -0.464 e. The van der Waals surface area contributed by atoms with E-state index in [-0.39, 0.29) is 23.6 Å². The summed E-state index contributed by atoms with van der Waals surface area (Å²) in [6.07, 6.45) is 0. The minimum absolute atomic E-state index is 0.00862. The van der Waals surface area contributed by atoms with Crippen LogP contribution in [0.4, 0.5) is 26.4 Å². The molecule has 19 heavy (non-hydrogen) atoms. The highest BCUT2D eigenvalue weighted by molar-refractivity contribution is 5.54. The van der Waals surface area contributed by atoms with Gasteiger partial charge >= 0.3 is 6.01 Å². The van der Waals surface area contributed by atoms with Crippen molar-refractivity contribution >= 4 is 17.6 Å². The molecule has 0 radical (unpaired) electrons. The second-order valence-electron chi connectivity index (χ2n) is 3.46. The van der Waals surface area contributed by atoms with Crippen molar-refractivity contribution in [1.82, 2.24) is 15.0 Å². The summed E-state index contributed by atoms with van der Waals surface area (Å²) in [7, 11) is 0. The molecular formula is C11H11F2N5O. The second-order valence-corrected chi connectivity index (χ2v) is 3.46. The Labute approximate surface area is 107 Å². The Morgan fingerprint density at radius 2 is 2.05 bits per heavy atom. The van der Waals surface area contributed by atoms with Gasteiger partial charge in [0, 0.05) is 0 Å². The number of anilines is 3. The third-order valence-corrected chi connectivity index (χ3v) is 2.10. The molecule has 0 aliphatic rings. The van der Waals surface area contributed by atoms with Gasteiger partial charge in [-0.15, -0.1) is 0 Å². The molecule has 0 aliphatic heterocycles. The van der Waals surface area contributed by atoms with Gasteiger partial charge < -0.3 is 15.8 Å². The van der Waals surface area contributed by atoms with Crippen LogP contribution in [0.1, 0.15) is 6.92 Å². The SMILES string of the molecule is CCOc1nc(N)nc(Nc2cccc(F)c2F)n1. The molecule has 0 unspecified atom stereocenters. The van der Waals surface area contributed by atoms with Crippen LogP contribution in [-0.4, -0.2) is 21.6 Å². The molecule has 0 atom stereocenters. The van der Waals surface area contributed by atoms with Gasteiger partial charge in [0.05, 0.1) is 12.3 Å². The molecule has 100 valence electrons. The zero-order valence-corrected chi connectivity index (χ0v) is 10.0. The third-order valence-electron chi connectivity index (χ3n) is 2.10. The first-order valence-corrected chi connectivity index (χ1v) is 5.45. The van der Waals surface area contributed by atoms with E-state index in [4.69, 9.17) is 10.5 Å². The van der Waals surface area contributed by atoms with Gasteiger partial charge in [-0.05, 0) is 19.1 Å². The second kappa shape index (κ2) is 5.42. The predicted octanol–water partition coefficient (Wildman–Crippen LogP) is 1.87. The molecule has 0 amide bonds. The molecule has 0 aliphatic carbocycles. The Balaban J connectivity index is 2.30. The van der Waals surface area contributed by atoms with Gasteiger partial charge in [0.25, 0.3) is 0 Å². The Morgan fingerprint density at radius 1 is 1.26 bits per heavy atom. The number of nitrogens with one attached hydrogen (secondary N) is 1. The number of rotatable bonds is 4. The van der Waals surface area contributed by atoms with Gasteiger partial charge in [-0.3, -0.25) is 0 Å². The highest BCUT2D eigenvalue weighted by Crippen LogP contribution is 2.20. The average Bonchev–Trinajstić information content (AvgIpc) is 2.35. The first-order valence-electron chi connectivity index (χ1n) is 5.45. The molecule has 0 saturated heterocycles. The van der Waals surface area contributed by atoms with Gasteiger partial charge in [0.2, 0.25) is 11.9 Å². The highest BCUT2D eigenvalue weighted by atomic mass is 19.2. The summed E-state index contributed by atoms with van der Waals surface area (Å²) in [6, 6.07) is 3.72. The van der Waals surface area contributed by atoms with E-state index in [9.17, 15) is 8.78 Å². The maximum atomic E-state index is 13.5. The van der Waals surface area contributed by atoms with Crippen molar-refractivity contribution < 1.29 is 13.5 Å². The topological polar surface area (TPSA) is 86.0 Å². The van der Waals surface area contributed by atoms with Crippen LogP contribution in [0, 0.1) is 11.6 Å². The normalized spacial score (nSPS) is 10.3. The number of aromatic nitrogens is 3. The predicted molar refractivity (Wildman–Crippen MR) is 65.0 cm³/mol. The van der Waals surface area contributed by atoms with E-state index in [1.165, 1.54) is 12.1 Å². The molecule has 3 N–H and O–H groups in total. The molecule has 0 fully saturated rings. The summed E-state index contributed by atoms with van der Waals surface area (Å²) in [5.41, 5.74) is 5.36. The standard InChI is InChI=1S/C11H11F2N5O/c1-2-19-11-17-9(14)16-10(18-11)15-7-5-3-4-6(12)8(7)13/h3-5H,2H2,1H3,(H3,14,15,16,17,18). The summed E-state index contributed by atoms with van der Waals surface area (Å²) in [4.78, 5) is 11.4. The third kappa shape index (κ3) is 3.03. The lowest BCUT2D eigenvalue weighted by Crippen LogP contribution is -2.07. The number of nitrogens with zero attached hydrogens (tertiary/aromatic N) is 3. The van der Waals surface area contributed by atoms with Crippen LogP contribution in [0.3, 0.4) is 0 Å². The number of benzene rings is 1. The van der Waals surface area contributed by atoms with Crippen LogP contribution in [0.15, 0.2) is 18.2 Å². The minimum atomic E-state index is -1.03. The van der Waals surface area contributed by atoms with E-state index in [0.29, 0.717) is 6.61 Å². The monoisotopic (exact) mass is 267 g/mol. The Hall–Kier alpha value is -2.51. The quantitative estimate of drug-likeness (QED) is 0.879. The lowest BCUT2D eigenvalue weighted by atomic mass is 10.3. The van der Waals surface area contributed by atoms with Gasteiger partial charge in [-0.25, -0.2) is 8.78 Å². The van der Waals surface area contributed by atoms with E-state index >= 15 is 0 Å². The van der Waals surface area contributed by atoms with Crippen molar-refractivity contribution in [2.24, 2.45) is 0 Å². The van der Waals surface area contributed by atoms with Gasteiger partial charge in [-0.1, -0.05) is 6.07 Å². The van der Waals surface area contributed by atoms with Crippen LogP contribution < -0.4 is 15.8 Å². The number of hydrogen-bond acceptors (Lipinski definition) is 6. The van der Waals surface area contributed by atoms with Crippen LogP contribution in [0.5, 0.6) is 6.01 Å². The number of halogens is 2. The zero-order valence-electron chi connectivity index (χ0n) is 10.0. The number of nitrogens with two attached hydrogens (primary N) is 1. The van der Waals surface area contributed by atoms with Gasteiger partial charge in [0.15, 0.2) is 11.6 Å². The van der Waals surface area contributed by atoms with Crippen LogP contribution in [0.25, 0.3) is 0 Å². The number of nitrogen functional groups attached to an aromatic ring is 1. The van der Waals surface area contributed by atoms with Crippen molar-refractivity contribution in [1.29, 1.82) is 0 Å². The molecule has 0 bridgehead atoms. The van der Waals surface area contributed by atoms with Crippen molar-refractivity contribution in [2.45, 2.75) is 6.92 Å². The maximum absolute atomic E-state index is 13.5. The molecule has 0 spiro atoms. The van der Waals surface area contributed by atoms with Gasteiger partial charge in [-0.2, -0.15) is 15.0 Å². The first kappa shape index (κ1) is 12.9. The summed E-state index contributed by atoms with van der Waals surface area (Å²) < 4.78 is 31.6. The fourth-order valence-corrected chi connectivity index (χ4v) is 1.34. The van der Waals surface area contributed by atoms with Crippen molar-refractivity contribution in [3.05, 3.63) is 29.8 Å². The van der Waals surface area contributed by atoms with E-state index in [0.717, 1.165) is 6.07 Å². The van der Waals surface area contributed by atoms with Crippen molar-refractivity contribution in [2.75, 3.05) is 17.7 Å². The summed E-state index contributed by atoms with van der Waals surface area (Å²) in [5, 5.41) is 2.52. The fraction of sp³-hybridized carbons (Fsp3) is 0.182. The molecule has 1 heterocycles. The van der Waals surface area contributed by atoms with E-state index in [1.807, 2.05) is 0 Å². The van der Waals surface area contributed by atoms with Crippen molar-refractivity contribution in [3.63, 3.8) is 0 Å². The fourth-order valence-electron chi connectivity index (χ4n) is 1.34. The summed E-state index contributed by atoms with van der Waals surface area (Å²) in [6.45, 7) is 2.09. The molecular weight excluding hydrogens is 256 g/mol. The van der Waals surface area contributed by atoms with Crippen molar-refractivity contribution in [3.8, 4) is 6.01 Å². The van der Waals surface area contributed by atoms with Crippen LogP contribution in [0.2, 0.25) is 0 Å².